The van der Waals surface area contributed by atoms with Crippen LogP contribution in [0, 0.1) is 5.92 Å². The lowest BCUT2D eigenvalue weighted by Gasteiger charge is -2.24. The van der Waals surface area contributed by atoms with E-state index in [-0.39, 0.29) is 23.7 Å². The fourth-order valence-corrected chi connectivity index (χ4v) is 7.48. The Morgan fingerprint density at radius 3 is 2.26 bits per heavy atom. The highest BCUT2D eigenvalue weighted by Gasteiger charge is 2.30. The third-order valence-corrected chi connectivity index (χ3v) is 9.73. The molecule has 2 rings (SSSR count). The Labute approximate surface area is 242 Å². The van der Waals surface area contributed by atoms with Crippen LogP contribution in [0.2, 0.25) is 0 Å². The van der Waals surface area contributed by atoms with Crippen LogP contribution in [0.15, 0.2) is 24.3 Å². The van der Waals surface area contributed by atoms with E-state index in [1.54, 1.807) is 6.92 Å². The van der Waals surface area contributed by atoms with Crippen molar-refractivity contribution >= 4 is 45.1 Å². The van der Waals surface area contributed by atoms with Crippen molar-refractivity contribution in [3.63, 3.8) is 0 Å². The molecule has 3 N–H and O–H groups in total. The smallest absolute Gasteiger partial charge is 0.289 e. The van der Waals surface area contributed by atoms with Crippen LogP contribution in [-0.2, 0) is 31.0 Å². The van der Waals surface area contributed by atoms with E-state index >= 15 is 0 Å². The molecule has 0 aliphatic carbocycles. The molecule has 1 saturated heterocycles. The summed E-state index contributed by atoms with van der Waals surface area (Å²) in [5.74, 6) is -0.660. The maximum absolute atomic E-state index is 13.4. The predicted molar refractivity (Wildman–Crippen MR) is 163 cm³/mol. The van der Waals surface area contributed by atoms with E-state index < -0.39 is 29.7 Å². The highest BCUT2D eigenvalue weighted by molar-refractivity contribution is 8.77. The monoisotopic (exact) mass is 577 g/mol. The number of Topliss-reactive ketones (excluding diaryl/α,β-unsaturated/α-hetero) is 1. The molecule has 0 spiro atoms. The molecule has 1 aromatic rings. The molecule has 9 heteroatoms. The second-order valence-electron chi connectivity index (χ2n) is 11.8. The van der Waals surface area contributed by atoms with Gasteiger partial charge in [-0.1, -0.05) is 86.9 Å². The lowest BCUT2D eigenvalue weighted by atomic mass is 9.86. The Kier molecular flexibility index (Phi) is 13.9. The highest BCUT2D eigenvalue weighted by atomic mass is 33.1. The molecule has 1 fully saturated rings. The standard InChI is InChI=1S/C30H47N3O4S2/c1-7-31-29(37)27(35)24(19-21-12-14-22(15-13-21)30(4,5)6)33-28(36)25(18-20(2)3)32-26(34)11-9-8-10-23-16-17-38-39-23/h12-15,20,23-25H,7-11,16-19H2,1-6H3,(H,31,37)(H,32,34)(H,33,36)/t23?,24-,25-/m0/s1. The summed E-state index contributed by atoms with van der Waals surface area (Å²) in [5.41, 5.74) is 1.98. The predicted octanol–water partition coefficient (Wildman–Crippen LogP) is 4.96. The summed E-state index contributed by atoms with van der Waals surface area (Å²) >= 11 is 0. The number of unbranched alkanes of at least 4 members (excludes halogenated alkanes) is 1. The third-order valence-electron chi connectivity index (χ3n) is 6.72. The van der Waals surface area contributed by atoms with E-state index in [2.05, 4.69) is 36.7 Å². The van der Waals surface area contributed by atoms with Gasteiger partial charge in [0.2, 0.25) is 17.6 Å². The molecule has 1 aromatic carbocycles. The minimum absolute atomic E-state index is 0.0141. The SMILES string of the molecule is CCNC(=O)C(=O)[C@H](Cc1ccc(C(C)(C)C)cc1)NC(=O)[C@H](CC(C)C)NC(=O)CCCCC1CCSS1. The molecule has 218 valence electrons. The van der Waals surface area contributed by atoms with Crippen molar-refractivity contribution < 1.29 is 19.2 Å². The number of hydrogen-bond donors (Lipinski definition) is 3. The Bertz CT molecular complexity index is 954. The first-order chi connectivity index (χ1) is 18.4. The Balaban J connectivity index is 2.07. The van der Waals surface area contributed by atoms with Crippen LogP contribution in [0.4, 0.5) is 0 Å². The molecular weight excluding hydrogens is 530 g/mol. The van der Waals surface area contributed by atoms with Gasteiger partial charge in [0, 0.05) is 30.4 Å². The Morgan fingerprint density at radius 2 is 1.69 bits per heavy atom. The minimum Gasteiger partial charge on any atom is -0.350 e. The number of nitrogens with one attached hydrogen (secondary N) is 3. The number of carbonyl (C=O) groups excluding carboxylic acids is 4. The van der Waals surface area contributed by atoms with Gasteiger partial charge in [0.1, 0.15) is 12.1 Å². The molecule has 3 amide bonds. The van der Waals surface area contributed by atoms with E-state index in [1.165, 1.54) is 12.2 Å². The first kappa shape index (κ1) is 33.2. The molecule has 3 atom stereocenters. The fourth-order valence-electron chi connectivity index (χ4n) is 4.46. The van der Waals surface area contributed by atoms with Crippen molar-refractivity contribution in [3.8, 4) is 0 Å². The van der Waals surface area contributed by atoms with Gasteiger partial charge in [0.05, 0.1) is 0 Å². The van der Waals surface area contributed by atoms with E-state index in [1.807, 2.05) is 59.7 Å². The van der Waals surface area contributed by atoms with Gasteiger partial charge < -0.3 is 16.0 Å². The molecule has 1 unspecified atom stereocenters. The van der Waals surface area contributed by atoms with Gasteiger partial charge in [-0.25, -0.2) is 0 Å². The minimum atomic E-state index is -1.03. The summed E-state index contributed by atoms with van der Waals surface area (Å²) in [6.07, 6.45) is 5.11. The molecular formula is C30H47N3O4S2. The lowest BCUT2D eigenvalue weighted by molar-refractivity contribution is -0.140. The van der Waals surface area contributed by atoms with Gasteiger partial charge in [-0.15, -0.1) is 0 Å². The summed E-state index contributed by atoms with van der Waals surface area (Å²) in [7, 11) is 3.87. The van der Waals surface area contributed by atoms with Crippen LogP contribution in [0.3, 0.4) is 0 Å². The molecule has 0 bridgehead atoms. The summed E-state index contributed by atoms with van der Waals surface area (Å²) in [4.78, 5) is 51.6. The van der Waals surface area contributed by atoms with Crippen LogP contribution >= 0.6 is 21.6 Å². The Hall–Kier alpha value is -2.00. The first-order valence-electron chi connectivity index (χ1n) is 14.2. The van der Waals surface area contributed by atoms with Gasteiger partial charge in [0.15, 0.2) is 0 Å². The summed E-state index contributed by atoms with van der Waals surface area (Å²) in [6.45, 7) is 12.4. The third kappa shape index (κ3) is 12.0. The molecule has 1 aliphatic rings. The maximum Gasteiger partial charge on any atom is 0.289 e. The quantitative estimate of drug-likeness (QED) is 0.155. The van der Waals surface area contributed by atoms with Gasteiger partial charge in [-0.05, 0) is 55.1 Å². The number of likely N-dealkylation sites (N-methyl/N-ethyl adjacent to an activating group) is 1. The van der Waals surface area contributed by atoms with Gasteiger partial charge >= 0.3 is 0 Å². The van der Waals surface area contributed by atoms with E-state index in [4.69, 9.17) is 0 Å². The lowest BCUT2D eigenvalue weighted by Crippen LogP contribution is -2.54. The molecule has 1 aliphatic heterocycles. The van der Waals surface area contributed by atoms with Crippen LogP contribution in [0.25, 0.3) is 0 Å². The zero-order valence-corrected chi connectivity index (χ0v) is 26.1. The second kappa shape index (κ2) is 16.3. The van der Waals surface area contributed by atoms with Gasteiger partial charge in [0.25, 0.3) is 5.91 Å². The van der Waals surface area contributed by atoms with Crippen molar-refractivity contribution in [2.75, 3.05) is 12.3 Å². The van der Waals surface area contributed by atoms with E-state index in [0.29, 0.717) is 24.6 Å². The summed E-state index contributed by atoms with van der Waals surface area (Å²) in [6, 6.07) is 6.08. The number of carbonyl (C=O) groups is 4. The van der Waals surface area contributed by atoms with Gasteiger partial charge in [-0.3, -0.25) is 19.2 Å². The first-order valence-corrected chi connectivity index (χ1v) is 16.6. The average molecular weight is 578 g/mol. The van der Waals surface area contributed by atoms with Crippen molar-refractivity contribution in [1.82, 2.24) is 16.0 Å². The van der Waals surface area contributed by atoms with Crippen LogP contribution in [0.1, 0.15) is 91.2 Å². The number of amides is 3. The number of hydrogen-bond acceptors (Lipinski definition) is 6. The highest BCUT2D eigenvalue weighted by Crippen LogP contribution is 2.39. The normalized spacial score (nSPS) is 16.9. The molecule has 39 heavy (non-hydrogen) atoms. The summed E-state index contributed by atoms with van der Waals surface area (Å²) in [5, 5.41) is 8.91. The fraction of sp³-hybridized carbons (Fsp3) is 0.667. The van der Waals surface area contributed by atoms with Crippen molar-refractivity contribution in [2.45, 2.75) is 109 Å². The molecule has 0 radical (unpaired) electrons. The molecule has 0 saturated carbocycles. The Morgan fingerprint density at radius 1 is 1.00 bits per heavy atom. The van der Waals surface area contributed by atoms with Crippen molar-refractivity contribution in [2.24, 2.45) is 5.92 Å². The van der Waals surface area contributed by atoms with Crippen LogP contribution in [-0.4, -0.2) is 53.1 Å². The van der Waals surface area contributed by atoms with Crippen LogP contribution in [0.5, 0.6) is 0 Å². The average Bonchev–Trinajstić information content (AvgIpc) is 3.38. The number of benzene rings is 1. The zero-order valence-electron chi connectivity index (χ0n) is 24.4. The number of rotatable bonds is 15. The van der Waals surface area contributed by atoms with E-state index in [0.717, 1.165) is 30.4 Å². The number of ketones is 1. The topological polar surface area (TPSA) is 104 Å². The van der Waals surface area contributed by atoms with Crippen molar-refractivity contribution in [3.05, 3.63) is 35.4 Å². The molecule has 0 aromatic heterocycles. The van der Waals surface area contributed by atoms with E-state index in [9.17, 15) is 19.2 Å². The van der Waals surface area contributed by atoms with Gasteiger partial charge in [-0.2, -0.15) is 0 Å². The second-order valence-corrected chi connectivity index (χ2v) is 14.5. The van der Waals surface area contributed by atoms with Crippen LogP contribution < -0.4 is 16.0 Å². The largest absolute Gasteiger partial charge is 0.350 e. The maximum atomic E-state index is 13.4. The molecule has 1 heterocycles. The zero-order chi connectivity index (χ0) is 29.0. The summed E-state index contributed by atoms with van der Waals surface area (Å²) < 4.78 is 0. The van der Waals surface area contributed by atoms with Crippen molar-refractivity contribution in [1.29, 1.82) is 0 Å². The molecule has 7 nitrogen and oxygen atoms in total.